The summed E-state index contributed by atoms with van der Waals surface area (Å²) in [6, 6.07) is 5.29. The van der Waals surface area contributed by atoms with Gasteiger partial charge in [0.05, 0.1) is 0 Å². The number of aromatic nitrogens is 1. The molecule has 1 rings (SSSR count). The number of thiocarbonyl (C=S) groups is 1. The molecule has 0 aliphatic rings. The van der Waals surface area contributed by atoms with Crippen LogP contribution in [0.1, 0.15) is 13.3 Å². The van der Waals surface area contributed by atoms with Gasteiger partial charge in [0.25, 0.3) is 0 Å². The van der Waals surface area contributed by atoms with Crippen molar-refractivity contribution in [3.8, 4) is 5.88 Å². The average Bonchev–Trinajstić information content (AvgIpc) is 2.35. The van der Waals surface area contributed by atoms with E-state index in [2.05, 4.69) is 9.98 Å². The molecule has 0 N–H and O–H groups in total. The number of aliphatic imine (C=N–C) groups is 1. The fourth-order valence-corrected chi connectivity index (χ4v) is 1.14. The molecule has 0 atom stereocenters. The summed E-state index contributed by atoms with van der Waals surface area (Å²) < 4.78 is 10.4. The van der Waals surface area contributed by atoms with Crippen molar-refractivity contribution >= 4 is 23.4 Å². The van der Waals surface area contributed by atoms with Crippen molar-refractivity contribution in [2.75, 3.05) is 7.05 Å². The molecule has 1 heterocycles. The molecule has 90 valence electrons. The summed E-state index contributed by atoms with van der Waals surface area (Å²) in [5.41, 5.74) is 0. The first-order chi connectivity index (χ1) is 8.26. The fourth-order valence-electron chi connectivity index (χ4n) is 0.972. The van der Waals surface area contributed by atoms with Crippen molar-refractivity contribution in [2.24, 2.45) is 4.99 Å². The highest BCUT2D eigenvalue weighted by Gasteiger charge is 2.04. The average molecular weight is 250 g/mol. The van der Waals surface area contributed by atoms with Gasteiger partial charge in [-0.25, -0.2) is 4.98 Å². The van der Waals surface area contributed by atoms with Crippen molar-refractivity contribution in [3.05, 3.63) is 36.5 Å². The second kappa shape index (κ2) is 7.51. The van der Waals surface area contributed by atoms with Gasteiger partial charge in [-0.15, -0.1) is 0 Å². The lowest BCUT2D eigenvalue weighted by atomic mass is 10.4. The van der Waals surface area contributed by atoms with Gasteiger partial charge in [-0.05, 0) is 18.6 Å². The minimum Gasteiger partial charge on any atom is -0.399 e. The van der Waals surface area contributed by atoms with Crippen LogP contribution in [0.2, 0.25) is 0 Å². The standard InChI is InChI=1S/C12H14N2O2S/c1-3-4-7-10(13-2)15-12(17)16-11-8-5-6-9-14-11/h4-9H,3H2,1-2H3/b7-4-,13-10?. The number of hydrogen-bond donors (Lipinski definition) is 0. The molecule has 0 fully saturated rings. The van der Waals surface area contributed by atoms with E-state index in [1.807, 2.05) is 13.0 Å². The van der Waals surface area contributed by atoms with Crippen LogP contribution in [-0.2, 0) is 4.74 Å². The van der Waals surface area contributed by atoms with E-state index in [0.717, 1.165) is 6.42 Å². The first-order valence-corrected chi connectivity index (χ1v) is 5.61. The van der Waals surface area contributed by atoms with Gasteiger partial charge >= 0.3 is 5.24 Å². The number of hydrogen-bond acceptors (Lipinski definition) is 5. The van der Waals surface area contributed by atoms with Gasteiger partial charge in [0.2, 0.25) is 11.8 Å². The summed E-state index contributed by atoms with van der Waals surface area (Å²) >= 11 is 4.93. The number of ether oxygens (including phenoxy) is 2. The third-order valence-electron chi connectivity index (χ3n) is 1.73. The molecule has 0 unspecified atom stereocenters. The van der Waals surface area contributed by atoms with Crippen molar-refractivity contribution in [1.29, 1.82) is 0 Å². The van der Waals surface area contributed by atoms with Gasteiger partial charge in [0, 0.05) is 31.5 Å². The van der Waals surface area contributed by atoms with E-state index < -0.39 is 0 Å². The van der Waals surface area contributed by atoms with Crippen LogP contribution in [0.25, 0.3) is 0 Å². The largest absolute Gasteiger partial charge is 0.399 e. The maximum absolute atomic E-state index is 5.24. The maximum atomic E-state index is 5.24. The Labute approximate surface area is 106 Å². The highest BCUT2D eigenvalue weighted by molar-refractivity contribution is 7.79. The van der Waals surface area contributed by atoms with Crippen LogP contribution in [0.3, 0.4) is 0 Å². The Hall–Kier alpha value is -1.75. The Morgan fingerprint density at radius 2 is 2.35 bits per heavy atom. The van der Waals surface area contributed by atoms with Crippen LogP contribution in [0.15, 0.2) is 41.5 Å². The summed E-state index contributed by atoms with van der Waals surface area (Å²) in [7, 11) is 1.62. The van der Waals surface area contributed by atoms with Gasteiger partial charge < -0.3 is 9.47 Å². The Balaban J connectivity index is 2.52. The van der Waals surface area contributed by atoms with E-state index in [0.29, 0.717) is 11.8 Å². The molecule has 17 heavy (non-hydrogen) atoms. The van der Waals surface area contributed by atoms with E-state index in [1.54, 1.807) is 37.5 Å². The third kappa shape index (κ3) is 5.21. The molecule has 0 spiro atoms. The molecule has 0 saturated carbocycles. The summed E-state index contributed by atoms with van der Waals surface area (Å²) in [6.07, 6.45) is 6.18. The zero-order valence-electron chi connectivity index (χ0n) is 9.79. The van der Waals surface area contributed by atoms with E-state index >= 15 is 0 Å². The Morgan fingerprint density at radius 1 is 1.53 bits per heavy atom. The number of pyridine rings is 1. The van der Waals surface area contributed by atoms with Gasteiger partial charge in [-0.2, -0.15) is 0 Å². The predicted octanol–water partition coefficient (Wildman–Crippen LogP) is 2.76. The minimum atomic E-state index is -0.0231. The van der Waals surface area contributed by atoms with Crippen molar-refractivity contribution < 1.29 is 9.47 Å². The van der Waals surface area contributed by atoms with Gasteiger partial charge in [0.15, 0.2) is 0 Å². The monoisotopic (exact) mass is 250 g/mol. The lowest BCUT2D eigenvalue weighted by Gasteiger charge is -2.06. The SMILES string of the molecule is CC/C=C\C(=NC)OC(=S)Oc1ccccn1. The highest BCUT2D eigenvalue weighted by Crippen LogP contribution is 2.05. The van der Waals surface area contributed by atoms with Crippen LogP contribution in [0, 0.1) is 0 Å². The van der Waals surface area contributed by atoms with Crippen LogP contribution in [0.5, 0.6) is 5.88 Å². The molecule has 1 aromatic heterocycles. The molecule has 0 saturated heterocycles. The molecule has 0 radical (unpaired) electrons. The van der Waals surface area contributed by atoms with Crippen LogP contribution < -0.4 is 4.74 Å². The normalized spacial score (nSPS) is 11.5. The molecule has 0 amide bonds. The Morgan fingerprint density at radius 3 is 2.94 bits per heavy atom. The smallest absolute Gasteiger partial charge is 0.366 e. The van der Waals surface area contributed by atoms with Gasteiger partial charge in [-0.1, -0.05) is 19.1 Å². The molecule has 0 aliphatic heterocycles. The first-order valence-electron chi connectivity index (χ1n) is 5.20. The number of allylic oxidation sites excluding steroid dienone is 1. The topological polar surface area (TPSA) is 43.7 Å². The lowest BCUT2D eigenvalue weighted by molar-refractivity contribution is 0.390. The Kier molecular flexibility index (Phi) is 5.88. The molecule has 0 bridgehead atoms. The summed E-state index contributed by atoms with van der Waals surface area (Å²) in [5, 5.41) is -0.0231. The molecular formula is C12H14N2O2S. The first kappa shape index (κ1) is 13.3. The van der Waals surface area contributed by atoms with E-state index in [9.17, 15) is 0 Å². The molecule has 1 aromatic rings. The lowest BCUT2D eigenvalue weighted by Crippen LogP contribution is -2.15. The number of rotatable bonds is 3. The molecule has 4 nitrogen and oxygen atoms in total. The second-order valence-corrected chi connectivity index (χ2v) is 3.33. The van der Waals surface area contributed by atoms with Crippen LogP contribution in [-0.4, -0.2) is 23.2 Å². The predicted molar refractivity (Wildman–Crippen MR) is 71.3 cm³/mol. The zero-order valence-corrected chi connectivity index (χ0v) is 10.6. The summed E-state index contributed by atoms with van der Waals surface area (Å²) in [4.78, 5) is 7.89. The van der Waals surface area contributed by atoms with Crippen molar-refractivity contribution in [1.82, 2.24) is 4.98 Å². The molecule has 5 heteroatoms. The minimum absolute atomic E-state index is 0.0231. The second-order valence-electron chi connectivity index (χ2n) is 2.99. The summed E-state index contributed by atoms with van der Waals surface area (Å²) in [6.45, 7) is 2.02. The zero-order chi connectivity index (χ0) is 12.5. The highest BCUT2D eigenvalue weighted by atomic mass is 32.1. The number of nitrogens with zero attached hydrogens (tertiary/aromatic N) is 2. The fraction of sp³-hybridized carbons (Fsp3) is 0.250. The van der Waals surface area contributed by atoms with E-state index in [1.165, 1.54) is 0 Å². The van der Waals surface area contributed by atoms with Crippen molar-refractivity contribution in [2.45, 2.75) is 13.3 Å². The maximum Gasteiger partial charge on any atom is 0.366 e. The van der Waals surface area contributed by atoms with Crippen molar-refractivity contribution in [3.63, 3.8) is 0 Å². The third-order valence-corrected chi connectivity index (χ3v) is 1.90. The van der Waals surface area contributed by atoms with E-state index in [4.69, 9.17) is 21.7 Å². The summed E-state index contributed by atoms with van der Waals surface area (Å²) in [5.74, 6) is 0.806. The Bertz CT molecular complexity index is 416. The molecular weight excluding hydrogens is 236 g/mol. The van der Waals surface area contributed by atoms with Gasteiger partial charge in [-0.3, -0.25) is 4.99 Å². The molecule has 0 aromatic carbocycles. The van der Waals surface area contributed by atoms with Crippen LogP contribution in [0.4, 0.5) is 0 Å². The quantitative estimate of drug-likeness (QED) is 0.470. The van der Waals surface area contributed by atoms with Gasteiger partial charge in [0.1, 0.15) is 0 Å². The van der Waals surface area contributed by atoms with Crippen LogP contribution >= 0.6 is 12.2 Å². The van der Waals surface area contributed by atoms with E-state index in [-0.39, 0.29) is 5.24 Å². The molecule has 0 aliphatic carbocycles.